The summed E-state index contributed by atoms with van der Waals surface area (Å²) in [6, 6.07) is 23.8. The lowest BCUT2D eigenvalue weighted by Gasteiger charge is -2.16. The summed E-state index contributed by atoms with van der Waals surface area (Å²) < 4.78 is 22.2. The molecule has 5 rings (SSSR count). The maximum absolute atomic E-state index is 13.3. The summed E-state index contributed by atoms with van der Waals surface area (Å²) in [6.07, 6.45) is 9.49. The molecule has 0 heterocycles. The van der Waals surface area contributed by atoms with E-state index < -0.39 is 5.97 Å². The van der Waals surface area contributed by atoms with Gasteiger partial charge in [-0.3, -0.25) is 0 Å². The average Bonchev–Trinajstić information content (AvgIpc) is 3.17. The number of ether oxygens (including phenoxy) is 4. The standard InChI is InChI=1S/C45H44O7/c1-3-5-6-24-52-45(48)43-30-35(10-9-33-13-17-39-32-42(22-20-37(39)28-33)50-26-8-27-51-44(47)4-2)12-16-36(43)15-11-34-14-18-40-31-41(49-25-7-23-46)21-19-38(40)29-34/h4,12-14,16-22,28-29,31-32,35,46H,2-3,5-8,23-27,30H2,1H3. The van der Waals surface area contributed by atoms with Crippen LogP contribution in [0.25, 0.3) is 21.5 Å². The van der Waals surface area contributed by atoms with E-state index in [0.29, 0.717) is 50.2 Å². The molecule has 0 radical (unpaired) electrons. The van der Waals surface area contributed by atoms with E-state index in [1.165, 1.54) is 0 Å². The molecule has 0 aliphatic heterocycles. The van der Waals surface area contributed by atoms with Crippen molar-refractivity contribution < 1.29 is 33.6 Å². The predicted octanol–water partition coefficient (Wildman–Crippen LogP) is 8.26. The quantitative estimate of drug-likeness (QED) is 0.0579. The molecule has 0 saturated heterocycles. The van der Waals surface area contributed by atoms with Crippen LogP contribution < -0.4 is 9.47 Å². The first-order valence-electron chi connectivity index (χ1n) is 17.8. The topological polar surface area (TPSA) is 91.3 Å². The fourth-order valence-electron chi connectivity index (χ4n) is 5.56. The Morgan fingerprint density at radius 1 is 0.750 bits per heavy atom. The first-order chi connectivity index (χ1) is 25.4. The Morgan fingerprint density at radius 2 is 1.37 bits per heavy atom. The largest absolute Gasteiger partial charge is 0.493 e. The number of allylic oxidation sites excluding steroid dienone is 3. The Bertz CT molecular complexity index is 2080. The van der Waals surface area contributed by atoms with Crippen LogP contribution in [0.15, 0.2) is 109 Å². The van der Waals surface area contributed by atoms with E-state index in [9.17, 15) is 9.59 Å². The molecular weight excluding hydrogens is 652 g/mol. The number of hydrogen-bond acceptors (Lipinski definition) is 7. The van der Waals surface area contributed by atoms with Gasteiger partial charge in [-0.15, -0.1) is 0 Å². The van der Waals surface area contributed by atoms with Crippen LogP contribution in [0.5, 0.6) is 11.5 Å². The van der Waals surface area contributed by atoms with E-state index in [0.717, 1.165) is 69.5 Å². The summed E-state index contributed by atoms with van der Waals surface area (Å²) in [5, 5.41) is 13.1. The molecule has 0 aromatic heterocycles. The van der Waals surface area contributed by atoms with Gasteiger partial charge < -0.3 is 24.1 Å². The molecule has 1 atom stereocenters. The summed E-state index contributed by atoms with van der Waals surface area (Å²) in [5.74, 6) is 13.7. The molecule has 7 heteroatoms. The van der Waals surface area contributed by atoms with E-state index in [-0.39, 0.29) is 25.1 Å². The number of benzene rings is 4. The van der Waals surface area contributed by atoms with E-state index in [1.54, 1.807) is 0 Å². The molecular formula is C45H44O7. The molecule has 52 heavy (non-hydrogen) atoms. The summed E-state index contributed by atoms with van der Waals surface area (Å²) in [4.78, 5) is 24.5. The molecule has 0 spiro atoms. The molecule has 4 aromatic rings. The minimum Gasteiger partial charge on any atom is -0.493 e. The van der Waals surface area contributed by atoms with Crippen molar-refractivity contribution in [3.63, 3.8) is 0 Å². The van der Waals surface area contributed by atoms with Gasteiger partial charge in [-0.2, -0.15) is 0 Å². The molecule has 0 saturated carbocycles. The van der Waals surface area contributed by atoms with Crippen LogP contribution in [0.2, 0.25) is 0 Å². The molecule has 1 aliphatic rings. The van der Waals surface area contributed by atoms with Gasteiger partial charge in [0.2, 0.25) is 0 Å². The van der Waals surface area contributed by atoms with Gasteiger partial charge in [0, 0.05) is 48.1 Å². The van der Waals surface area contributed by atoms with Crippen molar-refractivity contribution >= 4 is 33.5 Å². The van der Waals surface area contributed by atoms with Crippen LogP contribution >= 0.6 is 0 Å². The number of esters is 2. The zero-order valence-corrected chi connectivity index (χ0v) is 29.6. The molecule has 1 unspecified atom stereocenters. The van der Waals surface area contributed by atoms with Gasteiger partial charge in [0.05, 0.1) is 32.0 Å². The van der Waals surface area contributed by atoms with Crippen molar-refractivity contribution in [3.8, 4) is 35.2 Å². The molecule has 1 N–H and O–H groups in total. The van der Waals surface area contributed by atoms with E-state index in [4.69, 9.17) is 24.1 Å². The number of carbonyl (C=O) groups is 2. The Kier molecular flexibility index (Phi) is 14.1. The molecule has 0 fully saturated rings. The van der Waals surface area contributed by atoms with E-state index in [1.807, 2.05) is 84.9 Å². The lowest BCUT2D eigenvalue weighted by Crippen LogP contribution is -2.15. The third-order valence-electron chi connectivity index (χ3n) is 8.38. The van der Waals surface area contributed by atoms with Crippen LogP contribution in [0, 0.1) is 29.6 Å². The highest BCUT2D eigenvalue weighted by atomic mass is 16.5. The molecule has 4 aromatic carbocycles. The number of unbranched alkanes of at least 4 members (excludes halogenated alkanes) is 2. The number of carbonyl (C=O) groups excluding carboxylic acids is 2. The van der Waals surface area contributed by atoms with E-state index in [2.05, 4.69) is 37.2 Å². The summed E-state index contributed by atoms with van der Waals surface area (Å²) in [7, 11) is 0. The van der Waals surface area contributed by atoms with Gasteiger partial charge in [0.1, 0.15) is 11.5 Å². The third-order valence-corrected chi connectivity index (χ3v) is 8.38. The molecule has 0 bridgehead atoms. The number of hydrogen-bond donors (Lipinski definition) is 1. The zero-order valence-electron chi connectivity index (χ0n) is 29.6. The highest BCUT2D eigenvalue weighted by Gasteiger charge is 2.22. The van der Waals surface area contributed by atoms with Gasteiger partial charge in [-0.05, 0) is 89.0 Å². The summed E-state index contributed by atoms with van der Waals surface area (Å²) in [6.45, 7) is 7.15. The summed E-state index contributed by atoms with van der Waals surface area (Å²) >= 11 is 0. The van der Waals surface area contributed by atoms with Gasteiger partial charge in [-0.25, -0.2) is 9.59 Å². The molecule has 7 nitrogen and oxygen atoms in total. The predicted molar refractivity (Wildman–Crippen MR) is 205 cm³/mol. The number of rotatable bonds is 15. The van der Waals surface area contributed by atoms with Crippen LogP contribution in [-0.4, -0.2) is 50.1 Å². The number of aliphatic hydroxyl groups is 1. The van der Waals surface area contributed by atoms with Gasteiger partial charge in [0.15, 0.2) is 0 Å². The Labute approximate surface area is 305 Å². The fraction of sp³-hybridized carbons (Fsp3) is 0.289. The first kappa shape index (κ1) is 37.5. The van der Waals surface area contributed by atoms with Crippen molar-refractivity contribution in [1.29, 1.82) is 0 Å². The van der Waals surface area contributed by atoms with Crippen molar-refractivity contribution in [1.82, 2.24) is 0 Å². The van der Waals surface area contributed by atoms with Gasteiger partial charge in [-0.1, -0.05) is 80.4 Å². The maximum atomic E-state index is 13.3. The Balaban J connectivity index is 1.27. The van der Waals surface area contributed by atoms with Crippen molar-refractivity contribution in [2.45, 2.75) is 45.4 Å². The van der Waals surface area contributed by atoms with Crippen LogP contribution in [0.4, 0.5) is 0 Å². The number of fused-ring (bicyclic) bond motifs is 2. The third kappa shape index (κ3) is 11.1. The lowest BCUT2D eigenvalue weighted by atomic mass is 9.89. The van der Waals surface area contributed by atoms with Crippen LogP contribution in [0.3, 0.4) is 0 Å². The van der Waals surface area contributed by atoms with Crippen molar-refractivity contribution in [3.05, 3.63) is 120 Å². The average molecular weight is 697 g/mol. The smallest absolute Gasteiger partial charge is 0.335 e. The second kappa shape index (κ2) is 19.6. The zero-order chi connectivity index (χ0) is 36.5. The van der Waals surface area contributed by atoms with Gasteiger partial charge in [0.25, 0.3) is 0 Å². The van der Waals surface area contributed by atoms with E-state index >= 15 is 0 Å². The second-order valence-corrected chi connectivity index (χ2v) is 12.4. The fourth-order valence-corrected chi connectivity index (χ4v) is 5.56. The minimum atomic E-state index is -0.438. The van der Waals surface area contributed by atoms with Crippen molar-refractivity contribution in [2.24, 2.45) is 5.92 Å². The lowest BCUT2D eigenvalue weighted by molar-refractivity contribution is -0.139. The minimum absolute atomic E-state index is 0.0971. The maximum Gasteiger partial charge on any atom is 0.335 e. The first-order valence-corrected chi connectivity index (χ1v) is 17.8. The van der Waals surface area contributed by atoms with Gasteiger partial charge >= 0.3 is 11.9 Å². The normalized spacial score (nSPS) is 13.5. The Morgan fingerprint density at radius 3 is 2.02 bits per heavy atom. The number of aliphatic hydroxyl groups excluding tert-OH is 1. The highest BCUT2D eigenvalue weighted by molar-refractivity contribution is 5.92. The highest BCUT2D eigenvalue weighted by Crippen LogP contribution is 2.27. The van der Waals surface area contributed by atoms with Crippen molar-refractivity contribution in [2.75, 3.05) is 33.0 Å². The molecule has 0 amide bonds. The monoisotopic (exact) mass is 696 g/mol. The van der Waals surface area contributed by atoms with Crippen LogP contribution in [-0.2, 0) is 19.1 Å². The Hall–Kier alpha value is -5.76. The second-order valence-electron chi connectivity index (χ2n) is 12.4. The SMILES string of the molecule is C=CC(=O)OCCCOc1ccc2cc(C#CC3C=CC(C#Cc4ccc5cc(OCCCO)ccc5c4)=C(C(=O)OCCCCC)C3)ccc2c1. The molecule has 266 valence electrons. The molecule has 1 aliphatic carbocycles. The summed E-state index contributed by atoms with van der Waals surface area (Å²) in [5.41, 5.74) is 2.90. The van der Waals surface area contributed by atoms with Crippen LogP contribution in [0.1, 0.15) is 56.6 Å².